The number of hydrogen-bond donors (Lipinski definition) is 2. The van der Waals surface area contributed by atoms with Crippen molar-refractivity contribution in [3.05, 3.63) is 39.6 Å². The van der Waals surface area contributed by atoms with Crippen molar-refractivity contribution in [1.29, 1.82) is 0 Å². The van der Waals surface area contributed by atoms with Crippen LogP contribution < -0.4 is 16.0 Å². The molecule has 1 heterocycles. The summed E-state index contributed by atoms with van der Waals surface area (Å²) in [5.74, 6) is 5.49. The van der Waals surface area contributed by atoms with Crippen molar-refractivity contribution in [3.63, 3.8) is 0 Å². The van der Waals surface area contributed by atoms with E-state index in [1.807, 2.05) is 6.92 Å². The van der Waals surface area contributed by atoms with Crippen LogP contribution in [0.25, 0.3) is 0 Å². The molecule has 0 spiro atoms. The van der Waals surface area contributed by atoms with Crippen LogP contribution in [0.4, 0.5) is 10.7 Å². The Morgan fingerprint density at radius 3 is 3.00 bits per heavy atom. The van der Waals surface area contributed by atoms with E-state index in [4.69, 9.17) is 10.6 Å². The molecule has 0 aliphatic carbocycles. The zero-order valence-corrected chi connectivity index (χ0v) is 11.5. The van der Waals surface area contributed by atoms with Gasteiger partial charge in [-0.2, -0.15) is 0 Å². The molecule has 3 N–H and O–H groups in total. The molecule has 106 valence electrons. The maximum absolute atomic E-state index is 11.0. The first-order valence-electron chi connectivity index (χ1n) is 5.83. The van der Waals surface area contributed by atoms with Gasteiger partial charge in [0.2, 0.25) is 0 Å². The zero-order chi connectivity index (χ0) is 14.5. The number of hydrazine groups is 1. The number of hydrogen-bond acceptors (Lipinski definition) is 8. The molecule has 8 nitrogen and oxygen atoms in total. The average molecular weight is 295 g/mol. The fourth-order valence-electron chi connectivity index (χ4n) is 1.61. The van der Waals surface area contributed by atoms with Gasteiger partial charge in [0, 0.05) is 17.6 Å². The Kier molecular flexibility index (Phi) is 4.43. The lowest BCUT2D eigenvalue weighted by atomic mass is 10.1. The molecule has 9 heteroatoms. The number of ether oxygens (including phenoxy) is 1. The first-order chi connectivity index (χ1) is 9.65. The van der Waals surface area contributed by atoms with Crippen LogP contribution in [-0.2, 0) is 13.0 Å². The van der Waals surface area contributed by atoms with Gasteiger partial charge in [-0.05, 0) is 18.1 Å². The van der Waals surface area contributed by atoms with Crippen LogP contribution in [0, 0.1) is 10.1 Å². The zero-order valence-electron chi connectivity index (χ0n) is 10.7. The molecule has 2 aromatic rings. The van der Waals surface area contributed by atoms with E-state index in [0.29, 0.717) is 10.7 Å². The molecule has 20 heavy (non-hydrogen) atoms. The summed E-state index contributed by atoms with van der Waals surface area (Å²) in [5.41, 5.74) is 3.77. The SMILES string of the molecule is CCc1ccc(OCc2nnsc2NN)c([N+](=O)[O-])c1. The molecule has 0 radical (unpaired) electrons. The molecule has 0 saturated heterocycles. The van der Waals surface area contributed by atoms with Gasteiger partial charge in [0.25, 0.3) is 0 Å². The van der Waals surface area contributed by atoms with Crippen LogP contribution in [0.3, 0.4) is 0 Å². The second-order valence-electron chi connectivity index (χ2n) is 3.89. The van der Waals surface area contributed by atoms with Gasteiger partial charge < -0.3 is 10.2 Å². The number of nitrogen functional groups attached to an aromatic ring is 1. The van der Waals surface area contributed by atoms with Crippen LogP contribution in [-0.4, -0.2) is 14.5 Å². The molecular formula is C11H13N5O3S. The Morgan fingerprint density at radius 1 is 1.55 bits per heavy atom. The van der Waals surface area contributed by atoms with Crippen LogP contribution >= 0.6 is 11.5 Å². The maximum Gasteiger partial charge on any atom is 0.311 e. The Bertz CT molecular complexity index is 616. The number of nitrogens with two attached hydrogens (primary N) is 1. The highest BCUT2D eigenvalue weighted by molar-refractivity contribution is 7.10. The van der Waals surface area contributed by atoms with Crippen molar-refractivity contribution in [2.24, 2.45) is 5.84 Å². The number of aryl methyl sites for hydroxylation is 1. The first-order valence-corrected chi connectivity index (χ1v) is 6.61. The summed E-state index contributed by atoms with van der Waals surface area (Å²) in [6.07, 6.45) is 0.721. The van der Waals surface area contributed by atoms with Gasteiger partial charge in [-0.25, -0.2) is 5.84 Å². The number of anilines is 1. The summed E-state index contributed by atoms with van der Waals surface area (Å²) >= 11 is 1.09. The highest BCUT2D eigenvalue weighted by Crippen LogP contribution is 2.29. The van der Waals surface area contributed by atoms with Gasteiger partial charge >= 0.3 is 5.69 Å². The Labute approximate surface area is 118 Å². The fraction of sp³-hybridized carbons (Fsp3) is 0.273. The molecule has 0 fully saturated rings. The fourth-order valence-corrected chi connectivity index (χ4v) is 2.09. The van der Waals surface area contributed by atoms with E-state index in [1.165, 1.54) is 6.07 Å². The standard InChI is InChI=1S/C11H13N5O3S/c1-2-7-3-4-10(9(5-7)16(17)18)19-6-8-11(13-12)20-15-14-8/h3-5,13H,2,6,12H2,1H3. The van der Waals surface area contributed by atoms with Crippen molar-refractivity contribution in [2.45, 2.75) is 20.0 Å². The van der Waals surface area contributed by atoms with E-state index in [9.17, 15) is 10.1 Å². The minimum atomic E-state index is -0.462. The Balaban J connectivity index is 2.19. The van der Waals surface area contributed by atoms with Crippen molar-refractivity contribution in [1.82, 2.24) is 9.59 Å². The summed E-state index contributed by atoms with van der Waals surface area (Å²) in [7, 11) is 0. The first kappa shape index (κ1) is 14.2. The molecule has 0 atom stereocenters. The summed E-state index contributed by atoms with van der Waals surface area (Å²) in [6.45, 7) is 1.99. The predicted octanol–water partition coefficient (Wildman–Crippen LogP) is 1.87. The van der Waals surface area contributed by atoms with E-state index < -0.39 is 4.92 Å². The average Bonchev–Trinajstić information content (AvgIpc) is 2.92. The minimum absolute atomic E-state index is 0.0579. The number of nitro groups is 1. The van der Waals surface area contributed by atoms with Gasteiger partial charge in [0.1, 0.15) is 12.3 Å². The maximum atomic E-state index is 11.0. The highest BCUT2D eigenvalue weighted by atomic mass is 32.1. The van der Waals surface area contributed by atoms with E-state index in [2.05, 4.69) is 15.0 Å². The van der Waals surface area contributed by atoms with Crippen LogP contribution in [0.1, 0.15) is 18.2 Å². The van der Waals surface area contributed by atoms with Crippen LogP contribution in [0.5, 0.6) is 5.75 Å². The van der Waals surface area contributed by atoms with Gasteiger partial charge in [0.15, 0.2) is 10.8 Å². The van der Waals surface area contributed by atoms with Crippen molar-refractivity contribution in [3.8, 4) is 5.75 Å². The van der Waals surface area contributed by atoms with E-state index >= 15 is 0 Å². The topological polar surface area (TPSA) is 116 Å². The van der Waals surface area contributed by atoms with Gasteiger partial charge in [-0.1, -0.05) is 17.5 Å². The molecule has 1 aromatic carbocycles. The summed E-state index contributed by atoms with van der Waals surface area (Å²) in [4.78, 5) is 10.6. The monoisotopic (exact) mass is 295 g/mol. The van der Waals surface area contributed by atoms with E-state index in [0.717, 1.165) is 23.5 Å². The van der Waals surface area contributed by atoms with Crippen molar-refractivity contribution < 1.29 is 9.66 Å². The molecule has 0 unspecified atom stereocenters. The lowest BCUT2D eigenvalue weighted by molar-refractivity contribution is -0.386. The number of nitrogens with zero attached hydrogens (tertiary/aromatic N) is 3. The number of aromatic nitrogens is 2. The molecule has 0 amide bonds. The quantitative estimate of drug-likeness (QED) is 0.474. The van der Waals surface area contributed by atoms with Gasteiger partial charge in [-0.15, -0.1) is 5.10 Å². The molecule has 0 aliphatic rings. The number of benzene rings is 1. The molecular weight excluding hydrogens is 282 g/mol. The second-order valence-corrected chi connectivity index (χ2v) is 4.65. The lowest BCUT2D eigenvalue weighted by Gasteiger charge is -2.07. The van der Waals surface area contributed by atoms with Gasteiger partial charge in [-0.3, -0.25) is 10.1 Å². The normalized spacial score (nSPS) is 10.3. The van der Waals surface area contributed by atoms with E-state index in [1.54, 1.807) is 12.1 Å². The molecule has 2 rings (SSSR count). The molecule has 0 bridgehead atoms. The number of nitro benzene ring substituents is 1. The molecule has 1 aromatic heterocycles. The van der Waals surface area contributed by atoms with Crippen molar-refractivity contribution in [2.75, 3.05) is 5.43 Å². The minimum Gasteiger partial charge on any atom is -0.480 e. The van der Waals surface area contributed by atoms with E-state index in [-0.39, 0.29) is 18.0 Å². The number of nitrogens with one attached hydrogen (secondary N) is 1. The predicted molar refractivity (Wildman–Crippen MR) is 74.5 cm³/mol. The summed E-state index contributed by atoms with van der Waals surface area (Å²) < 4.78 is 9.18. The summed E-state index contributed by atoms with van der Waals surface area (Å²) in [5, 5.41) is 15.5. The third kappa shape index (κ3) is 3.00. The Hall–Kier alpha value is -2.26. The third-order valence-electron chi connectivity index (χ3n) is 2.68. The lowest BCUT2D eigenvalue weighted by Crippen LogP contribution is -2.09. The second kappa shape index (κ2) is 6.26. The largest absolute Gasteiger partial charge is 0.480 e. The molecule has 0 saturated carbocycles. The van der Waals surface area contributed by atoms with Gasteiger partial charge in [0.05, 0.1) is 4.92 Å². The smallest absolute Gasteiger partial charge is 0.311 e. The number of rotatable bonds is 6. The molecule has 0 aliphatic heterocycles. The van der Waals surface area contributed by atoms with Crippen LogP contribution in [0.2, 0.25) is 0 Å². The highest BCUT2D eigenvalue weighted by Gasteiger charge is 2.17. The van der Waals surface area contributed by atoms with Crippen LogP contribution in [0.15, 0.2) is 18.2 Å². The van der Waals surface area contributed by atoms with Crippen molar-refractivity contribution >= 4 is 22.2 Å². The third-order valence-corrected chi connectivity index (χ3v) is 3.38. The summed E-state index contributed by atoms with van der Waals surface area (Å²) in [6, 6.07) is 4.90. The Morgan fingerprint density at radius 2 is 2.35 bits per heavy atom.